The number of hydrogen-bond acceptors (Lipinski definition) is 5. The summed E-state index contributed by atoms with van der Waals surface area (Å²) in [7, 11) is 0. The summed E-state index contributed by atoms with van der Waals surface area (Å²) < 4.78 is 0. The number of nitrogens with zero attached hydrogens (tertiary/aromatic N) is 2. The van der Waals surface area contributed by atoms with E-state index in [9.17, 15) is 14.7 Å². The Morgan fingerprint density at radius 2 is 1.89 bits per heavy atom. The van der Waals surface area contributed by atoms with Gasteiger partial charge in [-0.1, -0.05) is 41.4 Å². The molecule has 1 saturated heterocycles. The van der Waals surface area contributed by atoms with Gasteiger partial charge in [-0.2, -0.15) is 0 Å². The van der Waals surface area contributed by atoms with Gasteiger partial charge in [-0.3, -0.25) is 9.59 Å². The Hall–Kier alpha value is -3.07. The second-order valence-corrected chi connectivity index (χ2v) is 10.2. The van der Waals surface area contributed by atoms with Gasteiger partial charge in [-0.25, -0.2) is 4.98 Å². The van der Waals surface area contributed by atoms with Crippen molar-refractivity contribution in [3.63, 3.8) is 0 Å². The number of carbonyl (C=O) groups excluding carboxylic acids is 2. The molecule has 4 aromatic rings. The highest BCUT2D eigenvalue weighted by Crippen LogP contribution is 2.35. The van der Waals surface area contributed by atoms with E-state index in [2.05, 4.69) is 15.3 Å². The quantitative estimate of drug-likeness (QED) is 0.283. The molecule has 1 aliphatic heterocycles. The number of rotatable bonds is 5. The van der Waals surface area contributed by atoms with E-state index in [0.717, 1.165) is 34.3 Å². The molecule has 3 heterocycles. The number of anilines is 1. The molecule has 5 rings (SSSR count). The van der Waals surface area contributed by atoms with Crippen LogP contribution >= 0.6 is 34.5 Å². The van der Waals surface area contributed by atoms with Gasteiger partial charge in [0.2, 0.25) is 5.91 Å². The number of phenols is 1. The first-order valence-corrected chi connectivity index (χ1v) is 12.8. The van der Waals surface area contributed by atoms with Gasteiger partial charge >= 0.3 is 0 Å². The Balaban J connectivity index is 1.17. The van der Waals surface area contributed by atoms with Crippen molar-refractivity contribution in [2.24, 2.45) is 0 Å². The number of phenolic OH excluding ortho intramolecular Hbond substituents is 1. The fourth-order valence-electron chi connectivity index (χ4n) is 4.34. The van der Waals surface area contributed by atoms with Crippen molar-refractivity contribution in [1.29, 1.82) is 0 Å². The maximum atomic E-state index is 12.9. The van der Waals surface area contributed by atoms with Gasteiger partial charge < -0.3 is 20.3 Å². The molecule has 0 aliphatic carbocycles. The molecule has 0 radical (unpaired) electrons. The van der Waals surface area contributed by atoms with Crippen LogP contribution in [0, 0.1) is 0 Å². The van der Waals surface area contributed by atoms with Gasteiger partial charge in [-0.15, -0.1) is 11.3 Å². The summed E-state index contributed by atoms with van der Waals surface area (Å²) in [6.45, 7) is 1.33. The highest BCUT2D eigenvalue weighted by atomic mass is 35.5. The number of amides is 2. The number of fused-ring (bicyclic) bond motifs is 1. The topological polar surface area (TPSA) is 98.3 Å². The summed E-state index contributed by atoms with van der Waals surface area (Å²) in [6.07, 6.45) is 3.90. The van der Waals surface area contributed by atoms with Crippen LogP contribution in [-0.4, -0.2) is 44.9 Å². The Kier molecular flexibility index (Phi) is 6.69. The lowest BCUT2D eigenvalue weighted by Gasteiger charge is -2.31. The van der Waals surface area contributed by atoms with E-state index in [1.165, 1.54) is 23.5 Å². The van der Waals surface area contributed by atoms with E-state index in [1.54, 1.807) is 5.38 Å². The lowest BCUT2D eigenvalue weighted by molar-refractivity contribution is -0.131. The predicted molar refractivity (Wildman–Crippen MR) is 139 cm³/mol. The Labute approximate surface area is 215 Å². The molecule has 0 bridgehead atoms. The van der Waals surface area contributed by atoms with Crippen molar-refractivity contribution >= 4 is 62.9 Å². The van der Waals surface area contributed by atoms with Crippen LogP contribution in [0.1, 0.15) is 39.8 Å². The van der Waals surface area contributed by atoms with Crippen LogP contribution in [0.25, 0.3) is 10.9 Å². The molecule has 35 heavy (non-hydrogen) atoms. The van der Waals surface area contributed by atoms with Crippen molar-refractivity contribution in [3.8, 4) is 5.75 Å². The first kappa shape index (κ1) is 23.7. The number of carbonyl (C=O) groups is 2. The molecule has 0 unspecified atom stereocenters. The number of benzene rings is 2. The molecule has 2 aromatic carbocycles. The van der Waals surface area contributed by atoms with Gasteiger partial charge in [0.15, 0.2) is 5.75 Å². The minimum Gasteiger partial charge on any atom is -0.505 e. The molecule has 0 saturated carbocycles. The first-order valence-electron chi connectivity index (χ1n) is 11.2. The maximum Gasteiger partial charge on any atom is 0.275 e. The molecular weight excluding hydrogens is 507 g/mol. The Bertz CT molecular complexity index is 1390. The predicted octanol–water partition coefficient (Wildman–Crippen LogP) is 5.84. The molecular formula is C25H22Cl2N4O3S. The minimum atomic E-state index is -0.378. The van der Waals surface area contributed by atoms with Crippen LogP contribution in [-0.2, 0) is 11.2 Å². The van der Waals surface area contributed by atoms with Crippen LogP contribution in [0.3, 0.4) is 0 Å². The van der Waals surface area contributed by atoms with E-state index in [0.29, 0.717) is 30.9 Å². The molecule has 1 fully saturated rings. The molecule has 3 N–H and O–H groups in total. The summed E-state index contributed by atoms with van der Waals surface area (Å²) in [4.78, 5) is 35.2. The highest BCUT2D eigenvalue weighted by Gasteiger charge is 2.27. The van der Waals surface area contributed by atoms with Crippen LogP contribution in [0.5, 0.6) is 5.75 Å². The second-order valence-electron chi connectivity index (χ2n) is 8.50. The van der Waals surface area contributed by atoms with Crippen LogP contribution in [0.2, 0.25) is 10.0 Å². The number of likely N-dealkylation sites (tertiary alicyclic amines) is 1. The maximum absolute atomic E-state index is 12.9. The number of H-pyrrole nitrogens is 1. The number of piperidine rings is 1. The molecule has 1 aliphatic rings. The summed E-state index contributed by atoms with van der Waals surface area (Å²) in [5.41, 5.74) is 2.73. The average molecular weight is 529 g/mol. The molecule has 2 amide bonds. The number of aromatic hydroxyl groups is 1. The number of para-hydroxylation sites is 1. The van der Waals surface area contributed by atoms with E-state index >= 15 is 0 Å². The van der Waals surface area contributed by atoms with Crippen LogP contribution in [0.4, 0.5) is 5.69 Å². The number of aromatic nitrogens is 2. The summed E-state index contributed by atoms with van der Waals surface area (Å²) >= 11 is 13.3. The smallest absolute Gasteiger partial charge is 0.275 e. The molecule has 0 atom stereocenters. The third-order valence-corrected chi connectivity index (χ3v) is 7.83. The van der Waals surface area contributed by atoms with Gasteiger partial charge in [-0.05, 0) is 36.6 Å². The van der Waals surface area contributed by atoms with Crippen LogP contribution < -0.4 is 5.32 Å². The number of nitrogens with one attached hydrogen (secondary N) is 2. The van der Waals surface area contributed by atoms with E-state index in [4.69, 9.17) is 23.2 Å². The largest absolute Gasteiger partial charge is 0.505 e. The monoisotopic (exact) mass is 528 g/mol. The zero-order valence-corrected chi connectivity index (χ0v) is 20.9. The third kappa shape index (κ3) is 5.00. The molecule has 2 aromatic heterocycles. The first-order chi connectivity index (χ1) is 16.9. The van der Waals surface area contributed by atoms with Crippen molar-refractivity contribution < 1.29 is 14.7 Å². The molecule has 0 spiro atoms. The van der Waals surface area contributed by atoms with Gasteiger partial charge in [0.1, 0.15) is 5.69 Å². The van der Waals surface area contributed by atoms with Crippen LogP contribution in [0.15, 0.2) is 48.0 Å². The van der Waals surface area contributed by atoms with Crippen molar-refractivity contribution in [2.45, 2.75) is 25.2 Å². The van der Waals surface area contributed by atoms with E-state index in [-0.39, 0.29) is 33.5 Å². The molecule has 180 valence electrons. The molecule has 7 nitrogen and oxygen atoms in total. The minimum absolute atomic E-state index is 0.0535. The number of halogens is 2. The molecule has 10 heteroatoms. The number of aromatic amines is 1. The van der Waals surface area contributed by atoms with E-state index in [1.807, 2.05) is 35.4 Å². The van der Waals surface area contributed by atoms with Crippen molar-refractivity contribution in [1.82, 2.24) is 14.9 Å². The third-order valence-electron chi connectivity index (χ3n) is 6.24. The van der Waals surface area contributed by atoms with Crippen molar-refractivity contribution in [2.75, 3.05) is 18.4 Å². The normalized spacial score (nSPS) is 14.4. The summed E-state index contributed by atoms with van der Waals surface area (Å²) in [5, 5.41) is 16.2. The Morgan fingerprint density at radius 1 is 1.17 bits per heavy atom. The highest BCUT2D eigenvalue weighted by molar-refractivity contribution is 7.10. The standard InChI is InChI=1S/C25H22Cl2N4O3S/c26-18-10-16(11-19(27)23(18)33)29-24(34)21-13-35-25(30-21)14-5-7-31(8-6-14)22(32)9-15-12-28-20-4-2-1-3-17(15)20/h1-4,10-14,28,33H,5-9H2,(H,29,34). The van der Waals surface area contributed by atoms with Crippen molar-refractivity contribution in [3.05, 3.63) is 74.3 Å². The lowest BCUT2D eigenvalue weighted by atomic mass is 9.97. The number of hydrogen-bond donors (Lipinski definition) is 3. The number of thiazole rings is 1. The van der Waals surface area contributed by atoms with Gasteiger partial charge in [0, 0.05) is 47.2 Å². The van der Waals surface area contributed by atoms with Gasteiger partial charge in [0.25, 0.3) is 5.91 Å². The average Bonchev–Trinajstić information content (AvgIpc) is 3.51. The fourth-order valence-corrected chi connectivity index (χ4v) is 5.80. The van der Waals surface area contributed by atoms with E-state index < -0.39 is 0 Å². The second kappa shape index (κ2) is 9.89. The SMILES string of the molecule is O=C(Nc1cc(Cl)c(O)c(Cl)c1)c1csc(C2CCN(C(=O)Cc3c[nH]c4ccccc34)CC2)n1. The Morgan fingerprint density at radius 3 is 2.63 bits per heavy atom. The lowest BCUT2D eigenvalue weighted by Crippen LogP contribution is -2.38. The summed E-state index contributed by atoms with van der Waals surface area (Å²) in [6, 6.07) is 10.8. The zero-order valence-electron chi connectivity index (χ0n) is 18.6. The van der Waals surface area contributed by atoms with Gasteiger partial charge in [0.05, 0.1) is 21.5 Å². The summed E-state index contributed by atoms with van der Waals surface area (Å²) in [5.74, 6) is -0.278. The zero-order chi connectivity index (χ0) is 24.5. The fraction of sp³-hybridized carbons (Fsp3) is 0.240.